The van der Waals surface area contributed by atoms with Crippen molar-refractivity contribution in [2.24, 2.45) is 0 Å². The van der Waals surface area contributed by atoms with Crippen molar-refractivity contribution in [3.05, 3.63) is 36.5 Å². The van der Waals surface area contributed by atoms with Crippen LogP contribution in [0.25, 0.3) is 0 Å². The van der Waals surface area contributed by atoms with E-state index >= 15 is 0 Å². The highest BCUT2D eigenvalue weighted by atomic mass is 16.7. The summed E-state index contributed by atoms with van der Waals surface area (Å²) in [6.45, 7) is 4.42. The van der Waals surface area contributed by atoms with E-state index in [4.69, 9.17) is 18.9 Å². The Balaban J connectivity index is 2.21. The summed E-state index contributed by atoms with van der Waals surface area (Å²) >= 11 is 0. The Morgan fingerprint density at radius 2 is 1.05 bits per heavy atom. The Kier molecular flexibility index (Phi) is 38.3. The summed E-state index contributed by atoms with van der Waals surface area (Å²) in [5.41, 5.74) is 0. The van der Waals surface area contributed by atoms with Gasteiger partial charge in [0, 0.05) is 13.0 Å². The molecule has 1 fully saturated rings. The summed E-state index contributed by atoms with van der Waals surface area (Å²) in [5.74, 6) is -0.319. The number of hydrogen-bond donors (Lipinski definition) is 4. The summed E-state index contributed by atoms with van der Waals surface area (Å²) in [5, 5.41) is 40.1. The molecule has 4 N–H and O–H groups in total. The number of allylic oxidation sites excluding steroid dienone is 6. The van der Waals surface area contributed by atoms with Crippen molar-refractivity contribution >= 4 is 5.97 Å². The zero-order valence-electron chi connectivity index (χ0n) is 37.3. The number of ether oxygens (including phenoxy) is 4. The van der Waals surface area contributed by atoms with E-state index in [0.717, 1.165) is 70.6 Å². The van der Waals surface area contributed by atoms with Crippen LogP contribution in [0, 0.1) is 0 Å². The summed E-state index contributed by atoms with van der Waals surface area (Å²) in [7, 11) is 0. The van der Waals surface area contributed by atoms with Crippen molar-refractivity contribution in [2.45, 2.75) is 243 Å². The van der Waals surface area contributed by atoms with E-state index in [1.54, 1.807) is 0 Å². The molecule has 0 aliphatic carbocycles. The lowest BCUT2D eigenvalue weighted by atomic mass is 9.99. The van der Waals surface area contributed by atoms with Crippen LogP contribution in [0.5, 0.6) is 0 Å². The van der Waals surface area contributed by atoms with E-state index in [1.165, 1.54) is 116 Å². The average Bonchev–Trinajstić information content (AvgIpc) is 3.22. The lowest BCUT2D eigenvalue weighted by Crippen LogP contribution is -2.59. The van der Waals surface area contributed by atoms with Crippen molar-refractivity contribution in [1.29, 1.82) is 0 Å². The van der Waals surface area contributed by atoms with Gasteiger partial charge in [-0.05, 0) is 44.9 Å². The molecule has 6 unspecified atom stereocenters. The summed E-state index contributed by atoms with van der Waals surface area (Å²) in [6, 6.07) is 0. The van der Waals surface area contributed by atoms with Gasteiger partial charge in [0.2, 0.25) is 0 Å². The summed E-state index contributed by atoms with van der Waals surface area (Å²) in [4.78, 5) is 12.8. The maximum Gasteiger partial charge on any atom is 0.306 e. The van der Waals surface area contributed by atoms with Gasteiger partial charge >= 0.3 is 5.97 Å². The van der Waals surface area contributed by atoms with E-state index in [0.29, 0.717) is 13.0 Å². The standard InChI is InChI=1S/C49H90O9/c1-3-5-7-9-11-13-15-17-19-20-21-22-23-24-25-26-28-30-32-34-36-38-45(51)57-43(42-56-49-48(54)47(53)46(52)44(40-50)58-49)41-55-39-37-35-33-31-29-27-18-16-14-12-10-8-6-4-2/h6,8,12,14,18,27,43-44,46-50,52-54H,3-5,7,9-11,13,15-17,19-26,28-42H2,1-2H3/b8-6-,14-12-,27-18-. The Morgan fingerprint density at radius 1 is 0.569 bits per heavy atom. The van der Waals surface area contributed by atoms with E-state index < -0.39 is 43.4 Å². The van der Waals surface area contributed by atoms with Gasteiger partial charge in [-0.25, -0.2) is 0 Å². The van der Waals surface area contributed by atoms with Crippen molar-refractivity contribution in [3.63, 3.8) is 0 Å². The highest BCUT2D eigenvalue weighted by molar-refractivity contribution is 5.69. The molecule has 1 rings (SSSR count). The number of unbranched alkanes of at least 4 members (excludes halogenated alkanes) is 24. The molecule has 9 nitrogen and oxygen atoms in total. The second-order valence-electron chi connectivity index (χ2n) is 16.5. The minimum Gasteiger partial charge on any atom is -0.457 e. The molecule has 0 amide bonds. The molecule has 0 radical (unpaired) electrons. The van der Waals surface area contributed by atoms with Crippen LogP contribution < -0.4 is 0 Å². The van der Waals surface area contributed by atoms with E-state index in [1.807, 2.05) is 0 Å². The summed E-state index contributed by atoms with van der Waals surface area (Å²) < 4.78 is 22.8. The molecule has 1 aliphatic heterocycles. The molecular formula is C49H90O9. The molecule has 0 aromatic rings. The first-order chi connectivity index (χ1) is 28.4. The first-order valence-corrected chi connectivity index (χ1v) is 24.1. The van der Waals surface area contributed by atoms with Crippen molar-refractivity contribution in [3.8, 4) is 0 Å². The molecule has 9 heteroatoms. The van der Waals surface area contributed by atoms with E-state index in [-0.39, 0.29) is 19.2 Å². The zero-order valence-corrected chi connectivity index (χ0v) is 37.3. The largest absolute Gasteiger partial charge is 0.457 e. The number of esters is 1. The van der Waals surface area contributed by atoms with Crippen molar-refractivity contribution in [1.82, 2.24) is 0 Å². The third kappa shape index (κ3) is 31.3. The van der Waals surface area contributed by atoms with Crippen LogP contribution >= 0.6 is 0 Å². The predicted octanol–water partition coefficient (Wildman–Crippen LogP) is 11.1. The van der Waals surface area contributed by atoms with Crippen LogP contribution in [0.3, 0.4) is 0 Å². The van der Waals surface area contributed by atoms with Gasteiger partial charge in [-0.1, -0.05) is 192 Å². The molecule has 1 heterocycles. The van der Waals surface area contributed by atoms with Crippen molar-refractivity contribution in [2.75, 3.05) is 26.4 Å². The van der Waals surface area contributed by atoms with E-state index in [9.17, 15) is 25.2 Å². The molecule has 0 spiro atoms. The Labute approximate surface area is 355 Å². The van der Waals surface area contributed by atoms with Crippen molar-refractivity contribution < 1.29 is 44.2 Å². The minimum absolute atomic E-state index is 0.120. The maximum absolute atomic E-state index is 12.8. The second-order valence-corrected chi connectivity index (χ2v) is 16.5. The average molecular weight is 823 g/mol. The quantitative estimate of drug-likeness (QED) is 0.0270. The molecule has 0 aromatic heterocycles. The molecule has 58 heavy (non-hydrogen) atoms. The number of hydrogen-bond acceptors (Lipinski definition) is 9. The normalized spacial score (nSPS) is 20.6. The highest BCUT2D eigenvalue weighted by Crippen LogP contribution is 2.23. The first kappa shape index (κ1) is 54.4. The number of carbonyl (C=O) groups excluding carboxylic acids is 1. The van der Waals surface area contributed by atoms with Crippen LogP contribution in [0.4, 0.5) is 0 Å². The number of aliphatic hydroxyl groups excluding tert-OH is 4. The SMILES string of the molecule is CC/C=C\C/C=C\C/C=C\CCCCCCOCC(COC1OC(CO)C(O)C(O)C1O)OC(=O)CCCCCCCCCCCCCCCCCCCCCCC. The molecule has 0 saturated carbocycles. The van der Waals surface area contributed by atoms with Gasteiger partial charge in [-0.2, -0.15) is 0 Å². The van der Waals surface area contributed by atoms with Crippen LogP contribution in [-0.2, 0) is 23.7 Å². The molecule has 1 aliphatic rings. The van der Waals surface area contributed by atoms with Gasteiger partial charge in [0.1, 0.15) is 30.5 Å². The molecule has 340 valence electrons. The van der Waals surface area contributed by atoms with Crippen LogP contribution in [0.2, 0.25) is 0 Å². The third-order valence-corrected chi connectivity index (χ3v) is 11.1. The lowest BCUT2D eigenvalue weighted by Gasteiger charge is -2.39. The van der Waals surface area contributed by atoms with Crippen LogP contribution in [0.1, 0.15) is 206 Å². The fourth-order valence-electron chi connectivity index (χ4n) is 7.33. The highest BCUT2D eigenvalue weighted by Gasteiger charge is 2.44. The summed E-state index contributed by atoms with van der Waals surface area (Å²) in [6.07, 6.45) is 41.8. The number of rotatable bonds is 41. The Hall–Kier alpha value is -1.59. The van der Waals surface area contributed by atoms with Gasteiger partial charge in [0.15, 0.2) is 6.29 Å². The predicted molar refractivity (Wildman–Crippen MR) is 238 cm³/mol. The Morgan fingerprint density at radius 3 is 1.59 bits per heavy atom. The topological polar surface area (TPSA) is 135 Å². The lowest BCUT2D eigenvalue weighted by molar-refractivity contribution is -0.305. The van der Waals surface area contributed by atoms with E-state index in [2.05, 4.69) is 50.3 Å². The zero-order chi connectivity index (χ0) is 42.2. The van der Waals surface area contributed by atoms with Gasteiger partial charge in [-0.15, -0.1) is 0 Å². The molecular weight excluding hydrogens is 733 g/mol. The van der Waals surface area contributed by atoms with Crippen LogP contribution in [-0.4, -0.2) is 89.6 Å². The fraction of sp³-hybridized carbons (Fsp3) is 0.857. The number of carbonyl (C=O) groups is 1. The maximum atomic E-state index is 12.8. The third-order valence-electron chi connectivity index (χ3n) is 11.1. The molecule has 1 saturated heterocycles. The fourth-order valence-corrected chi connectivity index (χ4v) is 7.33. The second kappa shape index (κ2) is 40.8. The van der Waals surface area contributed by atoms with Gasteiger partial charge in [0.05, 0.1) is 19.8 Å². The smallest absolute Gasteiger partial charge is 0.306 e. The minimum atomic E-state index is -1.54. The molecule has 0 bridgehead atoms. The molecule has 0 aromatic carbocycles. The monoisotopic (exact) mass is 823 g/mol. The van der Waals surface area contributed by atoms with Gasteiger partial charge < -0.3 is 39.4 Å². The Bertz CT molecular complexity index is 983. The van der Waals surface area contributed by atoms with Gasteiger partial charge in [-0.3, -0.25) is 4.79 Å². The van der Waals surface area contributed by atoms with Crippen LogP contribution in [0.15, 0.2) is 36.5 Å². The van der Waals surface area contributed by atoms with Gasteiger partial charge in [0.25, 0.3) is 0 Å². The first-order valence-electron chi connectivity index (χ1n) is 24.1. The number of aliphatic hydroxyl groups is 4. The molecule has 6 atom stereocenters.